The average Bonchev–Trinajstić information content (AvgIpc) is 3.22. The van der Waals surface area contributed by atoms with Gasteiger partial charge in [-0.2, -0.15) is 0 Å². The van der Waals surface area contributed by atoms with Crippen LogP contribution in [0, 0.1) is 0 Å². The lowest BCUT2D eigenvalue weighted by molar-refractivity contribution is -0.124. The lowest BCUT2D eigenvalue weighted by atomic mass is 10.1. The Balaban J connectivity index is 1.20. The number of amides is 2. The molecule has 2 aliphatic rings. The predicted molar refractivity (Wildman–Crippen MR) is 171 cm³/mol. The molecule has 0 radical (unpaired) electrons. The smallest absolute Gasteiger partial charge is 0.256 e. The molecular weight excluding hydrogens is 570 g/mol. The number of nitrogens with one attached hydrogen (secondary N) is 1. The normalized spacial score (nSPS) is 18.0. The second-order valence-corrected chi connectivity index (χ2v) is 11.4. The zero-order chi connectivity index (χ0) is 29.5. The van der Waals surface area contributed by atoms with Crippen LogP contribution < -0.4 is 15.0 Å². The van der Waals surface area contributed by atoms with Gasteiger partial charge in [-0.3, -0.25) is 19.4 Å². The SMILES string of the molecule is COc1ccc(NC(=O)C[C@@H]2C(=O)N(c3cccc(Cl)c3)C(=S)N2CCCN2CCN(Cc3ccccc3)CC2)cc1. The molecule has 3 aromatic carbocycles. The van der Waals surface area contributed by atoms with Crippen molar-refractivity contribution in [1.29, 1.82) is 0 Å². The van der Waals surface area contributed by atoms with Gasteiger partial charge >= 0.3 is 0 Å². The van der Waals surface area contributed by atoms with E-state index in [0.717, 1.165) is 45.7 Å². The highest BCUT2D eigenvalue weighted by molar-refractivity contribution is 7.80. The van der Waals surface area contributed by atoms with E-state index < -0.39 is 6.04 Å². The van der Waals surface area contributed by atoms with Crippen molar-refractivity contribution >= 4 is 52.1 Å². The number of nitrogens with zero attached hydrogens (tertiary/aromatic N) is 4. The van der Waals surface area contributed by atoms with Gasteiger partial charge in [0.05, 0.1) is 19.2 Å². The molecule has 10 heteroatoms. The fraction of sp³-hybridized carbons (Fsp3) is 0.344. The summed E-state index contributed by atoms with van der Waals surface area (Å²) in [6.45, 7) is 6.48. The molecule has 2 amide bonds. The Kier molecular flexibility index (Phi) is 10.1. The Bertz CT molecular complexity index is 1380. The molecule has 8 nitrogen and oxygen atoms in total. The maximum absolute atomic E-state index is 13.7. The van der Waals surface area contributed by atoms with Gasteiger partial charge in [-0.15, -0.1) is 0 Å². The van der Waals surface area contributed by atoms with Crippen molar-refractivity contribution in [2.24, 2.45) is 0 Å². The van der Waals surface area contributed by atoms with Gasteiger partial charge in [0.2, 0.25) is 5.91 Å². The Labute approximate surface area is 257 Å². The molecule has 1 atom stereocenters. The average molecular weight is 606 g/mol. The van der Waals surface area contributed by atoms with Crippen molar-refractivity contribution in [2.45, 2.75) is 25.4 Å². The molecule has 0 spiro atoms. The van der Waals surface area contributed by atoms with Crippen LogP contribution in [-0.4, -0.2) is 84.0 Å². The minimum Gasteiger partial charge on any atom is -0.497 e. The Morgan fingerprint density at radius 2 is 1.67 bits per heavy atom. The first-order valence-electron chi connectivity index (χ1n) is 14.2. The molecule has 0 bridgehead atoms. The van der Waals surface area contributed by atoms with Crippen LogP contribution in [0.4, 0.5) is 11.4 Å². The van der Waals surface area contributed by atoms with Gasteiger partial charge < -0.3 is 19.9 Å². The second kappa shape index (κ2) is 14.1. The number of rotatable bonds is 11. The van der Waals surface area contributed by atoms with Gasteiger partial charge in [0.15, 0.2) is 5.11 Å². The van der Waals surface area contributed by atoms with Crippen molar-refractivity contribution in [3.8, 4) is 5.75 Å². The standard InChI is InChI=1S/C32H36ClN5O3S/c1-41-28-13-11-26(12-14-28)34-30(39)22-29-31(40)38(27-10-5-9-25(33)21-27)32(42)37(29)16-6-15-35-17-19-36(20-18-35)23-24-7-3-2-4-8-24/h2-5,7-14,21,29H,6,15-20,22-23H2,1H3,(H,34,39)/t29-/m1/s1. The van der Waals surface area contributed by atoms with E-state index in [1.54, 1.807) is 49.6 Å². The maximum Gasteiger partial charge on any atom is 0.256 e. The number of ether oxygens (including phenoxy) is 1. The Hall–Kier alpha value is -3.50. The molecule has 2 heterocycles. The van der Waals surface area contributed by atoms with E-state index in [1.165, 1.54) is 10.5 Å². The van der Waals surface area contributed by atoms with Crippen molar-refractivity contribution in [3.63, 3.8) is 0 Å². The van der Waals surface area contributed by atoms with Crippen molar-refractivity contribution in [1.82, 2.24) is 14.7 Å². The lowest BCUT2D eigenvalue weighted by Gasteiger charge is -2.35. The number of halogens is 1. The van der Waals surface area contributed by atoms with Crippen LogP contribution >= 0.6 is 23.8 Å². The van der Waals surface area contributed by atoms with Crippen molar-refractivity contribution in [3.05, 3.63) is 89.4 Å². The zero-order valence-corrected chi connectivity index (χ0v) is 25.3. The summed E-state index contributed by atoms with van der Waals surface area (Å²) in [5.41, 5.74) is 2.58. The summed E-state index contributed by atoms with van der Waals surface area (Å²) in [5, 5.41) is 3.82. The summed E-state index contributed by atoms with van der Waals surface area (Å²) in [6.07, 6.45) is 0.812. The van der Waals surface area contributed by atoms with E-state index in [4.69, 9.17) is 28.6 Å². The highest BCUT2D eigenvalue weighted by Crippen LogP contribution is 2.29. The fourth-order valence-corrected chi connectivity index (χ4v) is 6.08. The first-order chi connectivity index (χ1) is 20.4. The topological polar surface area (TPSA) is 68.4 Å². The van der Waals surface area contributed by atoms with Crippen LogP contribution in [-0.2, 0) is 16.1 Å². The van der Waals surface area contributed by atoms with Gasteiger partial charge in [0.1, 0.15) is 11.8 Å². The second-order valence-electron chi connectivity index (χ2n) is 10.6. The molecule has 220 valence electrons. The number of hydrogen-bond donors (Lipinski definition) is 1. The minimum atomic E-state index is -0.697. The first kappa shape index (κ1) is 30.0. The third-order valence-electron chi connectivity index (χ3n) is 7.72. The van der Waals surface area contributed by atoms with Crippen LogP contribution in [0.3, 0.4) is 0 Å². The first-order valence-corrected chi connectivity index (χ1v) is 15.0. The Morgan fingerprint density at radius 1 is 0.952 bits per heavy atom. The van der Waals surface area contributed by atoms with E-state index in [0.29, 0.717) is 33.8 Å². The summed E-state index contributed by atoms with van der Waals surface area (Å²) in [4.78, 5) is 35.1. The molecule has 3 aromatic rings. The van der Waals surface area contributed by atoms with Gasteiger partial charge in [-0.05, 0) is 73.2 Å². The summed E-state index contributed by atoms with van der Waals surface area (Å²) in [5.74, 6) is 0.223. The number of methoxy groups -OCH3 is 1. The summed E-state index contributed by atoms with van der Waals surface area (Å²) >= 11 is 12.1. The largest absolute Gasteiger partial charge is 0.497 e. The molecule has 2 saturated heterocycles. The third kappa shape index (κ3) is 7.46. The summed E-state index contributed by atoms with van der Waals surface area (Å²) in [6, 6.07) is 24.0. The van der Waals surface area contributed by atoms with Crippen LogP contribution in [0.25, 0.3) is 0 Å². The van der Waals surface area contributed by atoms with Crippen LogP contribution in [0.1, 0.15) is 18.4 Å². The van der Waals surface area contributed by atoms with Crippen LogP contribution in [0.5, 0.6) is 5.75 Å². The fourth-order valence-electron chi connectivity index (χ4n) is 5.48. The van der Waals surface area contributed by atoms with E-state index in [2.05, 4.69) is 39.4 Å². The maximum atomic E-state index is 13.7. The minimum absolute atomic E-state index is 0.0137. The van der Waals surface area contributed by atoms with Gasteiger partial charge in [0, 0.05) is 50.0 Å². The van der Waals surface area contributed by atoms with Gasteiger partial charge in [0.25, 0.3) is 5.91 Å². The predicted octanol–water partition coefficient (Wildman–Crippen LogP) is 4.89. The van der Waals surface area contributed by atoms with E-state index in [-0.39, 0.29) is 18.2 Å². The summed E-state index contributed by atoms with van der Waals surface area (Å²) < 4.78 is 5.20. The van der Waals surface area contributed by atoms with Crippen molar-refractivity contribution in [2.75, 3.05) is 56.6 Å². The number of benzene rings is 3. The molecule has 1 N–H and O–H groups in total. The number of carbonyl (C=O) groups excluding carboxylic acids is 2. The molecule has 2 fully saturated rings. The quantitative estimate of drug-likeness (QED) is 0.312. The number of thiocarbonyl (C=S) groups is 1. The van der Waals surface area contributed by atoms with E-state index >= 15 is 0 Å². The number of hydrogen-bond acceptors (Lipinski definition) is 6. The third-order valence-corrected chi connectivity index (χ3v) is 8.38. The molecule has 0 saturated carbocycles. The lowest BCUT2D eigenvalue weighted by Crippen LogP contribution is -2.47. The van der Waals surface area contributed by atoms with Crippen molar-refractivity contribution < 1.29 is 14.3 Å². The number of anilines is 2. The summed E-state index contributed by atoms with van der Waals surface area (Å²) in [7, 11) is 1.59. The van der Waals surface area contributed by atoms with Crippen LogP contribution in [0.2, 0.25) is 5.02 Å². The monoisotopic (exact) mass is 605 g/mol. The molecule has 2 aliphatic heterocycles. The Morgan fingerprint density at radius 3 is 2.36 bits per heavy atom. The van der Waals surface area contributed by atoms with E-state index in [1.807, 2.05) is 17.0 Å². The molecule has 0 aromatic heterocycles. The molecule has 5 rings (SSSR count). The molecule has 42 heavy (non-hydrogen) atoms. The van der Waals surface area contributed by atoms with Crippen LogP contribution in [0.15, 0.2) is 78.9 Å². The molecule has 0 aliphatic carbocycles. The van der Waals surface area contributed by atoms with Gasteiger partial charge in [-0.1, -0.05) is 48.0 Å². The highest BCUT2D eigenvalue weighted by atomic mass is 35.5. The van der Waals surface area contributed by atoms with Gasteiger partial charge in [-0.25, -0.2) is 0 Å². The molecular formula is C32H36ClN5O3S. The van der Waals surface area contributed by atoms with E-state index in [9.17, 15) is 9.59 Å². The zero-order valence-electron chi connectivity index (χ0n) is 23.7. The molecule has 0 unspecified atom stereocenters. The number of carbonyl (C=O) groups is 2. The highest BCUT2D eigenvalue weighted by Gasteiger charge is 2.44. The number of piperazine rings is 1.